The van der Waals surface area contributed by atoms with Crippen LogP contribution in [0.1, 0.15) is 73.7 Å². The fourth-order valence-electron chi connectivity index (χ4n) is 5.33. The van der Waals surface area contributed by atoms with Crippen LogP contribution < -0.4 is 35.3 Å². The Labute approximate surface area is 301 Å². The molecule has 2 aromatic carbocycles. The minimum atomic E-state index is -4.62. The summed E-state index contributed by atoms with van der Waals surface area (Å²) in [7, 11) is 6.14. The van der Waals surface area contributed by atoms with E-state index in [2.05, 4.69) is 30.9 Å². The van der Waals surface area contributed by atoms with E-state index < -0.39 is 36.7 Å². The number of carbonyl (C=O) groups is 2. The summed E-state index contributed by atoms with van der Waals surface area (Å²) < 4.78 is 56.5. The van der Waals surface area contributed by atoms with Crippen LogP contribution >= 0.6 is 0 Å². The molecule has 13 nitrogen and oxygen atoms in total. The molecule has 1 amide bonds. The summed E-state index contributed by atoms with van der Waals surface area (Å²) in [5.41, 5.74) is 1.29. The van der Waals surface area contributed by atoms with Gasteiger partial charge < -0.3 is 44.5 Å². The van der Waals surface area contributed by atoms with Crippen molar-refractivity contribution in [2.75, 3.05) is 58.1 Å². The molecule has 0 unspecified atom stereocenters. The number of amides is 1. The molecule has 0 saturated carbocycles. The van der Waals surface area contributed by atoms with Crippen LogP contribution in [0.4, 0.5) is 30.8 Å². The van der Waals surface area contributed by atoms with Gasteiger partial charge in [-0.05, 0) is 61.9 Å². The van der Waals surface area contributed by atoms with E-state index >= 15 is 0 Å². The lowest BCUT2D eigenvalue weighted by Crippen LogP contribution is -2.48. The number of alkyl halides is 3. The van der Waals surface area contributed by atoms with Gasteiger partial charge in [0, 0.05) is 18.3 Å². The Morgan fingerprint density at radius 3 is 2.27 bits per heavy atom. The first-order chi connectivity index (χ1) is 24.7. The van der Waals surface area contributed by atoms with Crippen molar-refractivity contribution >= 4 is 29.5 Å². The molecule has 6 bridgehead atoms. The van der Waals surface area contributed by atoms with Gasteiger partial charge in [0.1, 0.15) is 11.5 Å². The zero-order valence-corrected chi connectivity index (χ0v) is 29.9. The van der Waals surface area contributed by atoms with E-state index in [1.54, 1.807) is 0 Å². The van der Waals surface area contributed by atoms with Crippen molar-refractivity contribution < 1.29 is 46.6 Å². The van der Waals surface area contributed by atoms with Gasteiger partial charge in [-0.15, -0.1) is 0 Å². The standard InChI is InChI=1S/C36H48F3N7O6/c1-46(2,3)19-9-8-12-29(32(48)49)42-31(47)28-18-15-26-22-30(28)51-21-11-7-5-4-6-10-20-50-27-16-13-25(14-17-27)23-40-33-43-34(41-26)45-35(44-33)52-24-36(37,38)39/h13-18,22,29H,4-12,19-21,23-24H2,1-3H3,(H3-,40,41,42,43,44,45,47,48,49)/t29-/m0/s1. The molecule has 16 heteroatoms. The number of unbranched alkanes of at least 4 members (excludes halogenated alkanes) is 1. The van der Waals surface area contributed by atoms with E-state index in [0.29, 0.717) is 25.1 Å². The van der Waals surface area contributed by atoms with Gasteiger partial charge in [0.15, 0.2) is 6.61 Å². The summed E-state index contributed by atoms with van der Waals surface area (Å²) in [6.45, 7) is 0.344. The number of rotatable bonds is 10. The molecule has 3 heterocycles. The van der Waals surface area contributed by atoms with Crippen LogP contribution in [0.5, 0.6) is 17.5 Å². The molecule has 5 rings (SSSR count). The highest BCUT2D eigenvalue weighted by molar-refractivity contribution is 5.99. The number of benzene rings is 2. The van der Waals surface area contributed by atoms with Crippen LogP contribution in [0.3, 0.4) is 0 Å². The van der Waals surface area contributed by atoms with Crippen molar-refractivity contribution in [3.05, 3.63) is 53.6 Å². The third-order valence-electron chi connectivity index (χ3n) is 8.06. The first kappa shape index (κ1) is 39.9. The number of fused-ring (bicyclic) bond motifs is 12. The predicted molar refractivity (Wildman–Crippen MR) is 187 cm³/mol. The Balaban J connectivity index is 1.58. The molecule has 0 radical (unpaired) electrons. The van der Waals surface area contributed by atoms with Crippen LogP contribution in [-0.2, 0) is 11.3 Å². The zero-order valence-electron chi connectivity index (χ0n) is 29.9. The second kappa shape index (κ2) is 19.1. The number of carboxylic acids is 1. The van der Waals surface area contributed by atoms with Crippen molar-refractivity contribution in [1.29, 1.82) is 0 Å². The summed E-state index contributed by atoms with van der Waals surface area (Å²) in [5.74, 6) is -1.31. The maximum absolute atomic E-state index is 13.4. The molecule has 0 spiro atoms. The van der Waals surface area contributed by atoms with Crippen molar-refractivity contribution in [2.24, 2.45) is 0 Å². The number of carboxylic acid groups (broad SMARTS) is 1. The first-order valence-electron chi connectivity index (χ1n) is 17.5. The van der Waals surface area contributed by atoms with Gasteiger partial charge in [-0.25, -0.2) is 0 Å². The Morgan fingerprint density at radius 1 is 0.923 bits per heavy atom. The molecule has 284 valence electrons. The van der Waals surface area contributed by atoms with Crippen molar-refractivity contribution in [3.63, 3.8) is 0 Å². The van der Waals surface area contributed by atoms with Crippen LogP contribution in [0, 0.1) is 0 Å². The third kappa shape index (κ3) is 14.4. The number of quaternary nitrogens is 1. The largest absolute Gasteiger partial charge is 0.548 e. The monoisotopic (exact) mass is 731 g/mol. The van der Waals surface area contributed by atoms with Crippen molar-refractivity contribution in [1.82, 2.24) is 20.3 Å². The smallest absolute Gasteiger partial charge is 0.422 e. The number of ether oxygens (including phenoxy) is 3. The van der Waals surface area contributed by atoms with Gasteiger partial charge in [-0.1, -0.05) is 37.8 Å². The normalized spacial score (nSPS) is 15.2. The van der Waals surface area contributed by atoms with E-state index in [9.17, 15) is 27.9 Å². The third-order valence-corrected chi connectivity index (χ3v) is 8.06. The topological polar surface area (TPSA) is 160 Å². The van der Waals surface area contributed by atoms with E-state index in [4.69, 9.17) is 14.2 Å². The summed E-state index contributed by atoms with van der Waals surface area (Å²) in [6.07, 6.45) is 2.47. The SMILES string of the molecule is C[N+](C)(C)CCCC[C@H](NC(=O)c1ccc2cc1OCCCCCCCCOc1ccc(cc1)CNc1nc(nc(OCC(F)(F)F)n1)N2)C(=O)[O-]. The molecule has 1 atom stereocenters. The quantitative estimate of drug-likeness (QED) is 0.190. The number of hydrogen-bond donors (Lipinski definition) is 3. The Morgan fingerprint density at radius 2 is 1.60 bits per heavy atom. The van der Waals surface area contributed by atoms with E-state index in [-0.39, 0.29) is 42.8 Å². The highest BCUT2D eigenvalue weighted by Crippen LogP contribution is 2.27. The summed E-state index contributed by atoms with van der Waals surface area (Å²) >= 11 is 0. The average Bonchev–Trinajstić information content (AvgIpc) is 3.08. The number of nitrogens with zero attached hydrogens (tertiary/aromatic N) is 4. The number of aromatic nitrogens is 3. The van der Waals surface area contributed by atoms with Gasteiger partial charge in [-0.3, -0.25) is 4.79 Å². The van der Waals surface area contributed by atoms with Gasteiger partial charge in [0.2, 0.25) is 11.9 Å². The summed E-state index contributed by atoms with van der Waals surface area (Å²) in [5, 5.41) is 20.5. The fourth-order valence-corrected chi connectivity index (χ4v) is 5.33. The van der Waals surface area contributed by atoms with Crippen molar-refractivity contribution in [3.8, 4) is 17.5 Å². The lowest BCUT2D eigenvalue weighted by Gasteiger charge is -2.25. The van der Waals surface area contributed by atoms with Gasteiger partial charge in [0.25, 0.3) is 5.91 Å². The van der Waals surface area contributed by atoms with E-state index in [1.807, 2.05) is 45.4 Å². The highest BCUT2D eigenvalue weighted by Gasteiger charge is 2.29. The molecule has 0 aliphatic carbocycles. The number of anilines is 3. The van der Waals surface area contributed by atoms with Crippen LogP contribution in [-0.4, -0.2) is 91.0 Å². The number of aliphatic carboxylic acids is 1. The number of carbonyl (C=O) groups excluding carboxylic acids is 2. The zero-order chi connectivity index (χ0) is 37.6. The maximum Gasteiger partial charge on any atom is 0.422 e. The minimum Gasteiger partial charge on any atom is -0.548 e. The Bertz CT molecular complexity index is 1600. The number of hydrogen-bond acceptors (Lipinski definition) is 11. The van der Waals surface area contributed by atoms with E-state index in [0.717, 1.165) is 60.9 Å². The molecule has 52 heavy (non-hydrogen) atoms. The van der Waals surface area contributed by atoms with Crippen LogP contribution in [0.15, 0.2) is 42.5 Å². The lowest BCUT2D eigenvalue weighted by atomic mass is 10.1. The molecule has 2 aliphatic heterocycles. The molecular formula is C36H48F3N7O6. The highest BCUT2D eigenvalue weighted by atomic mass is 19.4. The van der Waals surface area contributed by atoms with Gasteiger partial charge >= 0.3 is 12.2 Å². The number of halogens is 3. The predicted octanol–water partition coefficient (Wildman–Crippen LogP) is 5.01. The van der Waals surface area contributed by atoms with E-state index in [1.165, 1.54) is 18.2 Å². The average molecular weight is 732 g/mol. The molecule has 0 fully saturated rings. The van der Waals surface area contributed by atoms with Crippen LogP contribution in [0.25, 0.3) is 0 Å². The minimum absolute atomic E-state index is 0.0457. The van der Waals surface area contributed by atoms with Crippen molar-refractivity contribution in [2.45, 2.75) is 76.6 Å². The van der Waals surface area contributed by atoms with Crippen LogP contribution in [0.2, 0.25) is 0 Å². The molecule has 2 aliphatic rings. The lowest BCUT2D eigenvalue weighted by molar-refractivity contribution is -0.870. The summed E-state index contributed by atoms with van der Waals surface area (Å²) in [4.78, 5) is 37.7. The fraction of sp³-hybridized carbons (Fsp3) is 0.528. The molecule has 0 saturated heterocycles. The Kier molecular flexibility index (Phi) is 14.7. The molecule has 3 aromatic rings. The maximum atomic E-state index is 13.4. The van der Waals surface area contributed by atoms with Gasteiger partial charge in [0.05, 0.1) is 58.5 Å². The Hall–Kier alpha value is -4.86. The second-order valence-corrected chi connectivity index (χ2v) is 13.7. The molecular weight excluding hydrogens is 683 g/mol. The molecule has 1 aromatic heterocycles. The first-order valence-corrected chi connectivity index (χ1v) is 17.5. The summed E-state index contributed by atoms with van der Waals surface area (Å²) in [6, 6.07) is 10.2. The van der Waals surface area contributed by atoms with Gasteiger partial charge in [-0.2, -0.15) is 28.1 Å². The number of nitrogens with one attached hydrogen (secondary N) is 3. The second-order valence-electron chi connectivity index (χ2n) is 13.7. The molecule has 3 N–H and O–H groups in total.